The molecule has 0 aromatic carbocycles. The highest BCUT2D eigenvalue weighted by molar-refractivity contribution is 7.47. The molecule has 0 radical (unpaired) electrons. The summed E-state index contributed by atoms with van der Waals surface area (Å²) in [6, 6.07) is 0. The molecular formula is C85H166O17P2. The molecule has 17 nitrogen and oxygen atoms in total. The second kappa shape index (κ2) is 73.8. The van der Waals surface area contributed by atoms with Crippen LogP contribution in [0, 0.1) is 23.7 Å². The van der Waals surface area contributed by atoms with E-state index < -0.39 is 97.5 Å². The Kier molecular flexibility index (Phi) is 72.5. The van der Waals surface area contributed by atoms with E-state index in [1.54, 1.807) is 0 Å². The number of aliphatic hydroxyl groups excluding tert-OH is 1. The van der Waals surface area contributed by atoms with Crippen molar-refractivity contribution in [3.8, 4) is 0 Å². The number of ether oxygens (including phenoxy) is 4. The van der Waals surface area contributed by atoms with Crippen LogP contribution in [0.3, 0.4) is 0 Å². The van der Waals surface area contributed by atoms with Gasteiger partial charge in [-0.05, 0) is 49.4 Å². The molecule has 0 rings (SSSR count). The molecular weight excluding hydrogens is 1350 g/mol. The Balaban J connectivity index is 5.27. The lowest BCUT2D eigenvalue weighted by atomic mass is 9.99. The maximum absolute atomic E-state index is 13.1. The van der Waals surface area contributed by atoms with Crippen LogP contribution in [0.25, 0.3) is 0 Å². The Labute approximate surface area is 638 Å². The fourth-order valence-electron chi connectivity index (χ4n) is 13.1. The van der Waals surface area contributed by atoms with Crippen LogP contribution in [-0.4, -0.2) is 96.7 Å². The zero-order valence-corrected chi connectivity index (χ0v) is 70.5. The first-order valence-corrected chi connectivity index (χ1v) is 46.7. The van der Waals surface area contributed by atoms with Crippen LogP contribution in [0.5, 0.6) is 0 Å². The number of unbranched alkanes of at least 4 members (excludes halogenated alkanes) is 47. The highest BCUT2D eigenvalue weighted by Crippen LogP contribution is 2.45. The largest absolute Gasteiger partial charge is 0.472 e. The first kappa shape index (κ1) is 102. The number of carbonyl (C=O) groups excluding carboxylic acids is 4. The van der Waals surface area contributed by atoms with Crippen molar-refractivity contribution in [3.63, 3.8) is 0 Å². The second-order valence-electron chi connectivity index (χ2n) is 32.2. The van der Waals surface area contributed by atoms with Crippen LogP contribution in [0.15, 0.2) is 0 Å². The molecule has 0 spiro atoms. The number of aliphatic hydroxyl groups is 1. The number of rotatable bonds is 82. The van der Waals surface area contributed by atoms with E-state index in [0.717, 1.165) is 114 Å². The third-order valence-corrected chi connectivity index (χ3v) is 22.1. The van der Waals surface area contributed by atoms with Crippen molar-refractivity contribution in [2.75, 3.05) is 39.6 Å². The van der Waals surface area contributed by atoms with Gasteiger partial charge in [0, 0.05) is 25.7 Å². The van der Waals surface area contributed by atoms with Gasteiger partial charge >= 0.3 is 39.5 Å². The van der Waals surface area contributed by atoms with Crippen LogP contribution in [0.4, 0.5) is 0 Å². The number of hydrogen-bond acceptors (Lipinski definition) is 15. The summed E-state index contributed by atoms with van der Waals surface area (Å²) in [7, 11) is -9.93. The molecule has 19 heteroatoms. The molecule has 3 unspecified atom stereocenters. The quantitative estimate of drug-likeness (QED) is 0.0222. The van der Waals surface area contributed by atoms with Crippen LogP contribution >= 0.6 is 15.6 Å². The minimum atomic E-state index is -4.97. The van der Waals surface area contributed by atoms with E-state index in [0.29, 0.717) is 25.7 Å². The van der Waals surface area contributed by atoms with Gasteiger partial charge in [-0.25, -0.2) is 9.13 Å². The van der Waals surface area contributed by atoms with E-state index in [4.69, 9.17) is 37.0 Å². The van der Waals surface area contributed by atoms with Crippen LogP contribution in [-0.2, 0) is 65.4 Å². The van der Waals surface area contributed by atoms with Crippen molar-refractivity contribution in [1.29, 1.82) is 0 Å². The Morgan fingerprint density at radius 2 is 0.462 bits per heavy atom. The Morgan fingerprint density at radius 3 is 0.683 bits per heavy atom. The highest BCUT2D eigenvalue weighted by atomic mass is 31.2. The minimum absolute atomic E-state index is 0.107. The average Bonchev–Trinajstić information content (AvgIpc) is 0.903. The van der Waals surface area contributed by atoms with Gasteiger partial charge in [-0.1, -0.05) is 389 Å². The zero-order valence-electron chi connectivity index (χ0n) is 68.7. The number of phosphoric acid groups is 2. The average molecular weight is 1520 g/mol. The van der Waals surface area contributed by atoms with Gasteiger partial charge in [0.1, 0.15) is 19.3 Å². The van der Waals surface area contributed by atoms with E-state index in [9.17, 15) is 43.2 Å². The number of hydrogen-bond donors (Lipinski definition) is 3. The summed E-state index contributed by atoms with van der Waals surface area (Å²) in [5.41, 5.74) is 0. The smallest absolute Gasteiger partial charge is 0.462 e. The maximum atomic E-state index is 13.1. The van der Waals surface area contributed by atoms with Gasteiger partial charge in [-0.3, -0.25) is 37.3 Å². The van der Waals surface area contributed by atoms with Crippen molar-refractivity contribution >= 4 is 39.5 Å². The SMILES string of the molecule is CCC(C)CCCCCCCCCCC(=O)OC[C@H](COP(=O)(O)OC[C@H](O)COP(=O)(O)OC[C@@H](COC(=O)CCCCCCCCCCCCCCCCC(C)C)OC(=O)CCCCCCCCCCCCCCCCCC(C)C)OC(=O)CCCCCCCCCCCCCCCCC(C)C. The second-order valence-corrected chi connectivity index (χ2v) is 35.2. The first-order chi connectivity index (χ1) is 50.1. The van der Waals surface area contributed by atoms with Crippen molar-refractivity contribution in [2.45, 2.75) is 459 Å². The molecule has 0 heterocycles. The molecule has 0 aromatic heterocycles. The third kappa shape index (κ3) is 76.8. The summed E-state index contributed by atoms with van der Waals surface area (Å²) in [6.45, 7) is 14.4. The molecule has 0 amide bonds. The third-order valence-electron chi connectivity index (χ3n) is 20.2. The number of esters is 4. The first-order valence-electron chi connectivity index (χ1n) is 43.7. The van der Waals surface area contributed by atoms with Crippen LogP contribution in [0.1, 0.15) is 441 Å². The summed E-state index contributed by atoms with van der Waals surface area (Å²) in [6.07, 6.45) is 62.3. The molecule has 618 valence electrons. The minimum Gasteiger partial charge on any atom is -0.462 e. The topological polar surface area (TPSA) is 237 Å². The van der Waals surface area contributed by atoms with Gasteiger partial charge in [0.15, 0.2) is 12.2 Å². The molecule has 0 saturated carbocycles. The van der Waals surface area contributed by atoms with Gasteiger partial charge in [-0.2, -0.15) is 0 Å². The van der Waals surface area contributed by atoms with E-state index in [2.05, 4.69) is 55.4 Å². The Hall–Kier alpha value is -1.94. The standard InChI is InChI=1S/C85H166O17P2/c1-9-78(8)64-56-48-40-35-36-42-50-58-66-83(88)96-72-81(102-85(90)68-60-52-44-34-28-22-16-14-19-25-31-39-47-55-63-77(6)7)74-100-104(93,94)98-70-79(86)69-97-103(91,92)99-73-80(71-95-82(87)65-57-49-41-32-26-20-15-13-18-24-30-38-46-54-62-76(4)5)101-84(89)67-59-51-43-33-27-21-12-10-11-17-23-29-37-45-53-61-75(2)3/h75-81,86H,9-74H2,1-8H3,(H,91,92)(H,93,94)/t78?,79-,80-,81-/m1/s1. The van der Waals surface area contributed by atoms with Crippen molar-refractivity contribution in [1.82, 2.24) is 0 Å². The Morgan fingerprint density at radius 1 is 0.269 bits per heavy atom. The lowest BCUT2D eigenvalue weighted by Crippen LogP contribution is -2.30. The monoisotopic (exact) mass is 1520 g/mol. The van der Waals surface area contributed by atoms with Gasteiger partial charge in [0.25, 0.3) is 0 Å². The summed E-state index contributed by atoms with van der Waals surface area (Å²) < 4.78 is 68.9. The van der Waals surface area contributed by atoms with E-state index in [1.165, 1.54) is 244 Å². The molecule has 0 bridgehead atoms. The Bertz CT molecular complexity index is 2030. The summed E-state index contributed by atoms with van der Waals surface area (Å²) in [4.78, 5) is 73.2. The summed E-state index contributed by atoms with van der Waals surface area (Å²) in [5, 5.41) is 10.7. The van der Waals surface area contributed by atoms with E-state index in [1.807, 2.05) is 0 Å². The number of phosphoric ester groups is 2. The molecule has 104 heavy (non-hydrogen) atoms. The molecule has 0 fully saturated rings. The molecule has 0 saturated heterocycles. The predicted octanol–water partition coefficient (Wildman–Crippen LogP) is 25.6. The molecule has 6 atom stereocenters. The van der Waals surface area contributed by atoms with Gasteiger partial charge < -0.3 is 33.8 Å². The summed E-state index contributed by atoms with van der Waals surface area (Å²) >= 11 is 0. The molecule has 3 N–H and O–H groups in total. The molecule has 0 aliphatic carbocycles. The van der Waals surface area contributed by atoms with Gasteiger partial charge in [-0.15, -0.1) is 0 Å². The van der Waals surface area contributed by atoms with Crippen LogP contribution < -0.4 is 0 Å². The van der Waals surface area contributed by atoms with Gasteiger partial charge in [0.2, 0.25) is 0 Å². The fourth-order valence-corrected chi connectivity index (χ4v) is 14.7. The van der Waals surface area contributed by atoms with E-state index in [-0.39, 0.29) is 25.7 Å². The summed E-state index contributed by atoms with van der Waals surface area (Å²) in [5.74, 6) is 1.07. The molecule has 0 aliphatic rings. The van der Waals surface area contributed by atoms with Crippen molar-refractivity contribution in [3.05, 3.63) is 0 Å². The van der Waals surface area contributed by atoms with Gasteiger partial charge in [0.05, 0.1) is 26.4 Å². The normalized spacial score (nSPS) is 14.2. The zero-order chi connectivity index (χ0) is 76.7. The maximum Gasteiger partial charge on any atom is 0.472 e. The van der Waals surface area contributed by atoms with Crippen LogP contribution in [0.2, 0.25) is 0 Å². The lowest BCUT2D eigenvalue weighted by molar-refractivity contribution is -0.161. The highest BCUT2D eigenvalue weighted by Gasteiger charge is 2.30. The van der Waals surface area contributed by atoms with Crippen molar-refractivity contribution < 1.29 is 80.2 Å². The van der Waals surface area contributed by atoms with Crippen molar-refractivity contribution in [2.24, 2.45) is 23.7 Å². The fraction of sp³-hybridized carbons (Fsp3) is 0.953. The predicted molar refractivity (Wildman–Crippen MR) is 428 cm³/mol. The molecule has 0 aromatic rings. The number of carbonyl (C=O) groups is 4. The van der Waals surface area contributed by atoms with E-state index >= 15 is 0 Å². The lowest BCUT2D eigenvalue weighted by Gasteiger charge is -2.21. The molecule has 0 aliphatic heterocycles.